The fourth-order valence-electron chi connectivity index (χ4n) is 2.48. The molecule has 2 aromatic heterocycles. The molecule has 0 aliphatic rings. The second-order valence-corrected chi connectivity index (χ2v) is 5.57. The van der Waals surface area contributed by atoms with Crippen LogP contribution in [0.3, 0.4) is 0 Å². The second-order valence-electron chi connectivity index (χ2n) is 4.72. The van der Waals surface area contributed by atoms with Gasteiger partial charge >= 0.3 is 0 Å². The van der Waals surface area contributed by atoms with Crippen LogP contribution in [-0.4, -0.2) is 26.4 Å². The molecule has 0 aliphatic carbocycles. The molecule has 6 nitrogen and oxygen atoms in total. The SMILES string of the molecule is CCc1nn(C)c2c1nc(N)n2-c1ccc(Br)c(OC)c1. The van der Waals surface area contributed by atoms with Crippen molar-refractivity contribution < 1.29 is 4.74 Å². The van der Waals surface area contributed by atoms with E-state index in [9.17, 15) is 0 Å². The van der Waals surface area contributed by atoms with E-state index in [0.717, 1.165) is 39.2 Å². The van der Waals surface area contributed by atoms with E-state index in [2.05, 4.69) is 32.9 Å². The van der Waals surface area contributed by atoms with Gasteiger partial charge in [-0.2, -0.15) is 5.10 Å². The molecule has 0 bridgehead atoms. The first-order chi connectivity index (χ1) is 10.1. The number of methoxy groups -OCH3 is 1. The Morgan fingerprint density at radius 3 is 2.81 bits per heavy atom. The zero-order valence-electron chi connectivity index (χ0n) is 12.1. The summed E-state index contributed by atoms with van der Waals surface area (Å²) in [6.07, 6.45) is 0.817. The molecule has 0 unspecified atom stereocenters. The van der Waals surface area contributed by atoms with E-state index in [1.54, 1.807) is 7.11 Å². The van der Waals surface area contributed by atoms with Crippen molar-refractivity contribution in [2.75, 3.05) is 12.8 Å². The Labute approximate surface area is 130 Å². The summed E-state index contributed by atoms with van der Waals surface area (Å²) >= 11 is 3.45. The number of aromatic nitrogens is 4. The first kappa shape index (κ1) is 13.9. The van der Waals surface area contributed by atoms with Crippen LogP contribution in [0, 0.1) is 0 Å². The van der Waals surface area contributed by atoms with Gasteiger partial charge in [-0.1, -0.05) is 6.92 Å². The van der Waals surface area contributed by atoms with Gasteiger partial charge in [0.05, 0.1) is 23.0 Å². The average Bonchev–Trinajstić information content (AvgIpc) is 2.96. The third-order valence-electron chi connectivity index (χ3n) is 3.46. The zero-order valence-corrected chi connectivity index (χ0v) is 13.7. The highest BCUT2D eigenvalue weighted by Crippen LogP contribution is 2.31. The zero-order chi connectivity index (χ0) is 15.1. The molecule has 110 valence electrons. The quantitative estimate of drug-likeness (QED) is 0.788. The van der Waals surface area contributed by atoms with Crippen LogP contribution in [0.25, 0.3) is 16.9 Å². The van der Waals surface area contributed by atoms with Crippen LogP contribution in [0.1, 0.15) is 12.6 Å². The lowest BCUT2D eigenvalue weighted by atomic mass is 10.3. The number of aryl methyl sites for hydroxylation is 2. The van der Waals surface area contributed by atoms with E-state index in [0.29, 0.717) is 5.95 Å². The molecule has 1 aromatic carbocycles. The van der Waals surface area contributed by atoms with Crippen molar-refractivity contribution in [1.82, 2.24) is 19.3 Å². The minimum atomic E-state index is 0.442. The monoisotopic (exact) mass is 349 g/mol. The number of benzene rings is 1. The van der Waals surface area contributed by atoms with E-state index in [1.165, 1.54) is 0 Å². The van der Waals surface area contributed by atoms with Crippen molar-refractivity contribution >= 4 is 33.0 Å². The fourth-order valence-corrected chi connectivity index (χ4v) is 2.89. The van der Waals surface area contributed by atoms with Gasteiger partial charge in [-0.15, -0.1) is 0 Å². The lowest BCUT2D eigenvalue weighted by Gasteiger charge is -2.10. The number of halogens is 1. The topological polar surface area (TPSA) is 70.9 Å². The van der Waals surface area contributed by atoms with Crippen molar-refractivity contribution in [3.63, 3.8) is 0 Å². The molecule has 0 atom stereocenters. The highest BCUT2D eigenvalue weighted by Gasteiger charge is 2.18. The molecule has 0 fully saturated rings. The number of hydrogen-bond acceptors (Lipinski definition) is 4. The van der Waals surface area contributed by atoms with Crippen molar-refractivity contribution in [2.24, 2.45) is 7.05 Å². The lowest BCUT2D eigenvalue weighted by Crippen LogP contribution is -2.05. The van der Waals surface area contributed by atoms with E-state index < -0.39 is 0 Å². The summed E-state index contributed by atoms with van der Waals surface area (Å²) in [5.41, 5.74) is 9.68. The van der Waals surface area contributed by atoms with Crippen LogP contribution in [0.5, 0.6) is 5.75 Å². The van der Waals surface area contributed by atoms with Crippen molar-refractivity contribution in [2.45, 2.75) is 13.3 Å². The third kappa shape index (κ3) is 2.08. The predicted octanol–water partition coefficient (Wildman–Crippen LogP) is 2.67. The maximum atomic E-state index is 6.11. The molecule has 3 aromatic rings. The van der Waals surface area contributed by atoms with Gasteiger partial charge in [0, 0.05) is 13.1 Å². The van der Waals surface area contributed by atoms with E-state index >= 15 is 0 Å². The standard InChI is InChI=1S/C14H16BrN5O/c1-4-10-12-13(19(2)18-10)20(14(16)17-12)8-5-6-9(15)11(7-8)21-3/h5-7H,4H2,1-3H3,(H2,16,17). The summed E-state index contributed by atoms with van der Waals surface area (Å²) in [4.78, 5) is 4.46. The summed E-state index contributed by atoms with van der Waals surface area (Å²) in [5, 5.41) is 4.49. The number of nitrogens with two attached hydrogens (primary N) is 1. The summed E-state index contributed by atoms with van der Waals surface area (Å²) in [6, 6.07) is 5.80. The molecule has 0 saturated heterocycles. The molecular weight excluding hydrogens is 334 g/mol. The highest BCUT2D eigenvalue weighted by atomic mass is 79.9. The Kier molecular flexibility index (Phi) is 3.36. The van der Waals surface area contributed by atoms with E-state index in [4.69, 9.17) is 10.5 Å². The molecular formula is C14H16BrN5O. The van der Waals surface area contributed by atoms with Crippen LogP contribution < -0.4 is 10.5 Å². The predicted molar refractivity (Wildman–Crippen MR) is 85.9 cm³/mol. The average molecular weight is 350 g/mol. The second kappa shape index (κ2) is 5.07. The molecule has 2 N–H and O–H groups in total. The molecule has 0 aliphatic heterocycles. The van der Waals surface area contributed by atoms with E-state index in [1.807, 2.05) is 34.5 Å². The summed E-state index contributed by atoms with van der Waals surface area (Å²) < 4.78 is 9.94. The number of hydrogen-bond donors (Lipinski definition) is 1. The van der Waals surface area contributed by atoms with Gasteiger partial charge in [-0.05, 0) is 34.5 Å². The largest absolute Gasteiger partial charge is 0.495 e. The van der Waals surface area contributed by atoms with Crippen molar-refractivity contribution in [1.29, 1.82) is 0 Å². The van der Waals surface area contributed by atoms with Gasteiger partial charge in [0.1, 0.15) is 11.3 Å². The number of nitrogen functional groups attached to an aromatic ring is 1. The number of fused-ring (bicyclic) bond motifs is 1. The molecule has 0 saturated carbocycles. The van der Waals surface area contributed by atoms with Crippen LogP contribution in [0.2, 0.25) is 0 Å². The number of anilines is 1. The Balaban J connectivity index is 2.29. The van der Waals surface area contributed by atoms with Crippen LogP contribution in [-0.2, 0) is 13.5 Å². The summed E-state index contributed by atoms with van der Waals surface area (Å²) in [5.74, 6) is 1.18. The molecule has 2 heterocycles. The molecule has 7 heteroatoms. The fraction of sp³-hybridized carbons (Fsp3) is 0.286. The van der Waals surface area contributed by atoms with Gasteiger partial charge < -0.3 is 10.5 Å². The summed E-state index contributed by atoms with van der Waals surface area (Å²) in [6.45, 7) is 2.06. The van der Waals surface area contributed by atoms with Crippen LogP contribution >= 0.6 is 15.9 Å². The van der Waals surface area contributed by atoms with Gasteiger partial charge in [0.25, 0.3) is 0 Å². The maximum absolute atomic E-state index is 6.11. The van der Waals surface area contributed by atoms with Crippen LogP contribution in [0.15, 0.2) is 22.7 Å². The molecule has 0 spiro atoms. The highest BCUT2D eigenvalue weighted by molar-refractivity contribution is 9.10. The van der Waals surface area contributed by atoms with Gasteiger partial charge in [-0.3, -0.25) is 4.57 Å². The minimum absolute atomic E-state index is 0.442. The summed E-state index contributed by atoms with van der Waals surface area (Å²) in [7, 11) is 3.53. The maximum Gasteiger partial charge on any atom is 0.207 e. The normalized spacial score (nSPS) is 11.2. The Morgan fingerprint density at radius 1 is 1.38 bits per heavy atom. The number of rotatable bonds is 3. The number of nitrogens with zero attached hydrogens (tertiary/aromatic N) is 4. The molecule has 0 amide bonds. The third-order valence-corrected chi connectivity index (χ3v) is 4.11. The molecule has 21 heavy (non-hydrogen) atoms. The first-order valence-electron chi connectivity index (χ1n) is 6.60. The number of ether oxygens (including phenoxy) is 1. The van der Waals surface area contributed by atoms with Crippen molar-refractivity contribution in [3.8, 4) is 11.4 Å². The molecule has 0 radical (unpaired) electrons. The Bertz CT molecular complexity index is 820. The lowest BCUT2D eigenvalue weighted by molar-refractivity contribution is 0.412. The van der Waals surface area contributed by atoms with Gasteiger partial charge in [0.2, 0.25) is 5.95 Å². The first-order valence-corrected chi connectivity index (χ1v) is 7.39. The van der Waals surface area contributed by atoms with Crippen LogP contribution in [0.4, 0.5) is 5.95 Å². The molecule has 3 rings (SSSR count). The van der Waals surface area contributed by atoms with Crippen molar-refractivity contribution in [3.05, 3.63) is 28.4 Å². The van der Waals surface area contributed by atoms with E-state index in [-0.39, 0.29) is 0 Å². The van der Waals surface area contributed by atoms with Gasteiger partial charge in [0.15, 0.2) is 5.65 Å². The number of imidazole rings is 1. The smallest absolute Gasteiger partial charge is 0.207 e. The Morgan fingerprint density at radius 2 is 2.14 bits per heavy atom. The van der Waals surface area contributed by atoms with Gasteiger partial charge in [-0.25, -0.2) is 9.67 Å². The Hall–Kier alpha value is -2.02. The minimum Gasteiger partial charge on any atom is -0.495 e.